The average molecular weight is 400 g/mol. The standard InChI is InChI=1S/C20H33O6P/c1-7-24-18(22)20(6,27(23,25-8-2)26-9-3)15-14-19(4,5)16-12-10-11-13-17(16)21/h10-13,21H,7-9,14-15H2,1-6H3. The Morgan fingerprint density at radius 1 is 1.00 bits per heavy atom. The molecular weight excluding hydrogens is 367 g/mol. The number of aromatic hydroxyl groups is 1. The lowest BCUT2D eigenvalue weighted by Crippen LogP contribution is -2.40. The van der Waals surface area contributed by atoms with E-state index >= 15 is 0 Å². The van der Waals surface area contributed by atoms with Crippen molar-refractivity contribution >= 4 is 13.6 Å². The zero-order valence-corrected chi connectivity index (χ0v) is 18.2. The SMILES string of the molecule is CCOC(=O)C(C)(CCC(C)(C)c1ccccc1O)P(=O)(OCC)OCC. The first-order valence-corrected chi connectivity index (χ1v) is 11.0. The molecule has 0 amide bonds. The molecule has 0 radical (unpaired) electrons. The van der Waals surface area contributed by atoms with Gasteiger partial charge in [-0.2, -0.15) is 0 Å². The summed E-state index contributed by atoms with van der Waals surface area (Å²) in [6, 6.07) is 7.09. The Hall–Kier alpha value is -1.36. The van der Waals surface area contributed by atoms with Crippen LogP contribution in [0.15, 0.2) is 24.3 Å². The Labute approximate surface area is 162 Å². The van der Waals surface area contributed by atoms with E-state index in [0.29, 0.717) is 6.42 Å². The molecule has 27 heavy (non-hydrogen) atoms. The first-order valence-electron chi connectivity index (χ1n) is 9.42. The minimum absolute atomic E-state index is 0.162. The van der Waals surface area contributed by atoms with E-state index in [1.807, 2.05) is 26.0 Å². The number of phenols is 1. The van der Waals surface area contributed by atoms with Crippen molar-refractivity contribution in [1.82, 2.24) is 0 Å². The second-order valence-corrected chi connectivity index (χ2v) is 9.73. The Balaban J connectivity index is 3.23. The smallest absolute Gasteiger partial charge is 0.347 e. The molecule has 1 rings (SSSR count). The molecule has 1 aromatic carbocycles. The van der Waals surface area contributed by atoms with E-state index in [0.717, 1.165) is 5.56 Å². The summed E-state index contributed by atoms with van der Waals surface area (Å²) in [5.41, 5.74) is 0.307. The number of rotatable bonds is 11. The van der Waals surface area contributed by atoms with Crippen molar-refractivity contribution in [3.63, 3.8) is 0 Å². The van der Waals surface area contributed by atoms with Gasteiger partial charge in [-0.1, -0.05) is 32.0 Å². The molecule has 7 heteroatoms. The molecule has 1 N–H and O–H groups in total. The molecule has 0 saturated carbocycles. The summed E-state index contributed by atoms with van der Waals surface area (Å²) in [6.45, 7) is 11.2. The Morgan fingerprint density at radius 3 is 2.04 bits per heavy atom. The van der Waals surface area contributed by atoms with Crippen LogP contribution < -0.4 is 0 Å². The molecule has 6 nitrogen and oxygen atoms in total. The first-order chi connectivity index (χ1) is 12.6. The van der Waals surface area contributed by atoms with Gasteiger partial charge in [-0.05, 0) is 57.6 Å². The van der Waals surface area contributed by atoms with Gasteiger partial charge in [-0.15, -0.1) is 0 Å². The lowest BCUT2D eigenvalue weighted by molar-refractivity contribution is -0.146. The molecule has 0 heterocycles. The highest BCUT2D eigenvalue weighted by Gasteiger charge is 2.54. The predicted molar refractivity (Wildman–Crippen MR) is 106 cm³/mol. The number of carbonyl (C=O) groups is 1. The van der Waals surface area contributed by atoms with Crippen molar-refractivity contribution in [3.8, 4) is 5.75 Å². The van der Waals surface area contributed by atoms with Gasteiger partial charge in [-0.25, -0.2) is 0 Å². The van der Waals surface area contributed by atoms with Gasteiger partial charge in [0.05, 0.1) is 19.8 Å². The van der Waals surface area contributed by atoms with Crippen LogP contribution in [-0.2, 0) is 28.6 Å². The monoisotopic (exact) mass is 400 g/mol. The quantitative estimate of drug-likeness (QED) is 0.414. The summed E-state index contributed by atoms with van der Waals surface area (Å²) in [6.07, 6.45) is 0.703. The third kappa shape index (κ3) is 5.34. The van der Waals surface area contributed by atoms with Crippen LogP contribution in [0, 0.1) is 0 Å². The molecule has 0 aliphatic rings. The van der Waals surface area contributed by atoms with Gasteiger partial charge >= 0.3 is 13.6 Å². The van der Waals surface area contributed by atoms with Crippen molar-refractivity contribution in [2.45, 2.75) is 65.0 Å². The van der Waals surface area contributed by atoms with Crippen molar-refractivity contribution in [1.29, 1.82) is 0 Å². The molecule has 0 aromatic heterocycles. The third-order valence-electron chi connectivity index (χ3n) is 4.79. The number of hydrogen-bond acceptors (Lipinski definition) is 6. The highest BCUT2D eigenvalue weighted by molar-refractivity contribution is 7.56. The number of phenolic OH excluding ortho intramolecular Hbond substituents is 1. The van der Waals surface area contributed by atoms with Crippen LogP contribution in [0.3, 0.4) is 0 Å². The van der Waals surface area contributed by atoms with Crippen molar-refractivity contribution in [2.75, 3.05) is 19.8 Å². The highest BCUT2D eigenvalue weighted by atomic mass is 31.2. The summed E-state index contributed by atoms with van der Waals surface area (Å²) < 4.78 is 29.7. The molecule has 0 spiro atoms. The van der Waals surface area contributed by atoms with Gasteiger partial charge in [0.1, 0.15) is 5.75 Å². The topological polar surface area (TPSA) is 82.1 Å². The van der Waals surface area contributed by atoms with Crippen LogP contribution in [0.5, 0.6) is 5.75 Å². The van der Waals surface area contributed by atoms with E-state index in [4.69, 9.17) is 13.8 Å². The number of benzene rings is 1. The number of hydrogen-bond donors (Lipinski definition) is 1. The van der Waals surface area contributed by atoms with E-state index in [1.165, 1.54) is 0 Å². The number of esters is 1. The molecule has 1 unspecified atom stereocenters. The minimum atomic E-state index is -3.75. The fourth-order valence-corrected chi connectivity index (χ4v) is 5.03. The van der Waals surface area contributed by atoms with Crippen molar-refractivity contribution in [3.05, 3.63) is 29.8 Å². The second-order valence-electron chi connectivity index (χ2n) is 7.23. The van der Waals surface area contributed by atoms with Gasteiger partial charge in [0, 0.05) is 0 Å². The zero-order chi connectivity index (χ0) is 20.7. The number of carbonyl (C=O) groups excluding carboxylic acids is 1. The molecule has 0 aliphatic carbocycles. The molecule has 0 fully saturated rings. The van der Waals surface area contributed by atoms with Gasteiger partial charge in [0.25, 0.3) is 0 Å². The molecular formula is C20H33O6P. The zero-order valence-electron chi connectivity index (χ0n) is 17.3. The summed E-state index contributed by atoms with van der Waals surface area (Å²) in [5.74, 6) is -0.401. The molecule has 0 aliphatic heterocycles. The summed E-state index contributed by atoms with van der Waals surface area (Å²) >= 11 is 0. The van der Waals surface area contributed by atoms with Crippen LogP contribution in [0.1, 0.15) is 59.9 Å². The predicted octanol–water partition coefficient (Wildman–Crippen LogP) is 5.04. The van der Waals surface area contributed by atoms with Gasteiger partial charge in [0.15, 0.2) is 5.16 Å². The summed E-state index contributed by atoms with van der Waals surface area (Å²) in [4.78, 5) is 12.8. The molecule has 0 saturated heterocycles. The van der Waals surface area contributed by atoms with Gasteiger partial charge < -0.3 is 18.9 Å². The Bertz CT molecular complexity index is 662. The molecule has 1 atom stereocenters. The van der Waals surface area contributed by atoms with Gasteiger partial charge in [0.2, 0.25) is 0 Å². The van der Waals surface area contributed by atoms with Crippen molar-refractivity contribution < 1.29 is 28.3 Å². The fourth-order valence-electron chi connectivity index (χ4n) is 3.04. The maximum atomic E-state index is 13.5. The van der Waals surface area contributed by atoms with Crippen LogP contribution in [-0.4, -0.2) is 36.1 Å². The number of ether oxygens (including phenoxy) is 1. The number of para-hydroxylation sites is 1. The Kier molecular flexibility index (Phi) is 8.52. The van der Waals surface area contributed by atoms with Crippen LogP contribution in [0.4, 0.5) is 0 Å². The summed E-state index contributed by atoms with van der Waals surface area (Å²) in [7, 11) is -3.75. The second kappa shape index (κ2) is 9.72. The lowest BCUT2D eigenvalue weighted by atomic mass is 9.78. The molecule has 154 valence electrons. The summed E-state index contributed by atoms with van der Waals surface area (Å²) in [5, 5.41) is 8.77. The first kappa shape index (κ1) is 23.7. The maximum Gasteiger partial charge on any atom is 0.347 e. The molecule has 0 bridgehead atoms. The average Bonchev–Trinajstić information content (AvgIpc) is 2.60. The fraction of sp³-hybridized carbons (Fsp3) is 0.650. The molecule has 1 aromatic rings. The largest absolute Gasteiger partial charge is 0.508 e. The van der Waals surface area contributed by atoms with Crippen molar-refractivity contribution in [2.24, 2.45) is 0 Å². The maximum absolute atomic E-state index is 13.5. The lowest BCUT2D eigenvalue weighted by Gasteiger charge is -2.36. The highest BCUT2D eigenvalue weighted by Crippen LogP contribution is 2.62. The van der Waals surface area contributed by atoms with E-state index in [9.17, 15) is 14.5 Å². The Morgan fingerprint density at radius 2 is 1.56 bits per heavy atom. The van der Waals surface area contributed by atoms with Crippen LogP contribution >= 0.6 is 7.60 Å². The van der Waals surface area contributed by atoms with E-state index in [2.05, 4.69) is 0 Å². The van der Waals surface area contributed by atoms with E-state index in [-0.39, 0.29) is 32.0 Å². The van der Waals surface area contributed by atoms with Gasteiger partial charge in [-0.3, -0.25) is 9.36 Å². The van der Waals surface area contributed by atoms with E-state index in [1.54, 1.807) is 39.8 Å². The minimum Gasteiger partial charge on any atom is -0.508 e. The third-order valence-corrected chi connectivity index (χ3v) is 7.60. The van der Waals surface area contributed by atoms with Crippen LogP contribution in [0.25, 0.3) is 0 Å². The van der Waals surface area contributed by atoms with E-state index < -0.39 is 24.1 Å². The normalized spacial score (nSPS) is 14.6. The van der Waals surface area contributed by atoms with Crippen LogP contribution in [0.2, 0.25) is 0 Å².